The number of fused-ring (bicyclic) bond motifs is 1. The van der Waals surface area contributed by atoms with Gasteiger partial charge in [-0.3, -0.25) is 9.59 Å². The molecule has 4 rings (SSSR count). The van der Waals surface area contributed by atoms with Gasteiger partial charge in [0.15, 0.2) is 0 Å². The average molecular weight is 384 g/mol. The van der Waals surface area contributed by atoms with Crippen LogP contribution in [-0.4, -0.2) is 24.9 Å². The summed E-state index contributed by atoms with van der Waals surface area (Å²) in [5, 5.41) is 2.71. The first-order chi connectivity index (χ1) is 13.5. The molecule has 1 heterocycles. The zero-order valence-corrected chi connectivity index (χ0v) is 15.5. The standard InChI is InChI=1S/C22H22F2N2O2/c23-19-5-2-6-20(24)18(19)9-10-25-22(28)16-12-21(27)26(13-16)17-8-7-14-3-1-4-15(14)11-17/h2,5-8,11,16H,1,3-4,9-10,12-13H2,(H,25,28)/t16-/m0/s1. The Labute approximate surface area is 162 Å². The van der Waals surface area contributed by atoms with E-state index in [0.29, 0.717) is 6.54 Å². The zero-order valence-electron chi connectivity index (χ0n) is 15.5. The van der Waals surface area contributed by atoms with E-state index in [1.54, 1.807) is 4.90 Å². The number of halogens is 2. The highest BCUT2D eigenvalue weighted by atomic mass is 19.1. The fourth-order valence-electron chi connectivity index (χ4n) is 4.09. The van der Waals surface area contributed by atoms with Crippen LogP contribution in [-0.2, 0) is 28.9 Å². The molecule has 0 spiro atoms. The van der Waals surface area contributed by atoms with E-state index in [1.165, 1.54) is 29.3 Å². The number of rotatable bonds is 5. The lowest BCUT2D eigenvalue weighted by molar-refractivity contribution is -0.126. The van der Waals surface area contributed by atoms with Crippen LogP contribution in [0.2, 0.25) is 0 Å². The first-order valence-corrected chi connectivity index (χ1v) is 9.65. The van der Waals surface area contributed by atoms with Gasteiger partial charge in [0, 0.05) is 30.8 Å². The van der Waals surface area contributed by atoms with Crippen molar-refractivity contribution in [1.29, 1.82) is 0 Å². The van der Waals surface area contributed by atoms with Crippen LogP contribution >= 0.6 is 0 Å². The highest BCUT2D eigenvalue weighted by Gasteiger charge is 2.35. The SMILES string of the molecule is O=C(NCCc1c(F)cccc1F)[C@H]1CC(=O)N(c2ccc3c(c2)CCC3)C1. The van der Waals surface area contributed by atoms with E-state index in [0.717, 1.165) is 24.9 Å². The summed E-state index contributed by atoms with van der Waals surface area (Å²) in [6.45, 7) is 0.456. The number of aryl methyl sites for hydroxylation is 2. The van der Waals surface area contributed by atoms with Crippen molar-refractivity contribution in [3.63, 3.8) is 0 Å². The predicted octanol–water partition coefficient (Wildman–Crippen LogP) is 3.17. The summed E-state index contributed by atoms with van der Waals surface area (Å²) in [5.74, 6) is -2.01. The second kappa shape index (κ2) is 7.70. The maximum atomic E-state index is 13.7. The number of carbonyl (C=O) groups excluding carboxylic acids is 2. The Hall–Kier alpha value is -2.76. The molecule has 146 valence electrons. The Balaban J connectivity index is 1.35. The number of hydrogen-bond acceptors (Lipinski definition) is 2. The van der Waals surface area contributed by atoms with Gasteiger partial charge in [-0.05, 0) is 61.1 Å². The molecule has 1 aliphatic carbocycles. The van der Waals surface area contributed by atoms with E-state index in [1.807, 2.05) is 6.07 Å². The normalized spacial score (nSPS) is 18.4. The van der Waals surface area contributed by atoms with Crippen molar-refractivity contribution in [3.8, 4) is 0 Å². The number of amides is 2. The smallest absolute Gasteiger partial charge is 0.227 e. The highest BCUT2D eigenvalue weighted by Crippen LogP contribution is 2.30. The quantitative estimate of drug-likeness (QED) is 0.861. The number of carbonyl (C=O) groups is 2. The van der Waals surface area contributed by atoms with Crippen LogP contribution in [0.25, 0.3) is 0 Å². The third-order valence-electron chi connectivity index (χ3n) is 5.63. The molecule has 6 heteroatoms. The second-order valence-corrected chi connectivity index (χ2v) is 7.45. The minimum atomic E-state index is -0.618. The molecule has 4 nitrogen and oxygen atoms in total. The molecule has 0 radical (unpaired) electrons. The van der Waals surface area contributed by atoms with Gasteiger partial charge < -0.3 is 10.2 Å². The summed E-state index contributed by atoms with van der Waals surface area (Å²) in [5.41, 5.74) is 3.43. The van der Waals surface area contributed by atoms with Crippen molar-refractivity contribution in [2.45, 2.75) is 32.1 Å². The van der Waals surface area contributed by atoms with Crippen LogP contribution < -0.4 is 10.2 Å². The van der Waals surface area contributed by atoms with Crippen molar-refractivity contribution in [2.75, 3.05) is 18.0 Å². The molecule has 1 aliphatic heterocycles. The molecule has 28 heavy (non-hydrogen) atoms. The lowest BCUT2D eigenvalue weighted by Gasteiger charge is -2.18. The van der Waals surface area contributed by atoms with Gasteiger partial charge in [0.05, 0.1) is 5.92 Å². The summed E-state index contributed by atoms with van der Waals surface area (Å²) >= 11 is 0. The molecule has 1 fully saturated rings. The molecule has 2 aliphatic rings. The van der Waals surface area contributed by atoms with E-state index >= 15 is 0 Å². The third kappa shape index (κ3) is 3.63. The van der Waals surface area contributed by atoms with Crippen molar-refractivity contribution in [2.24, 2.45) is 5.92 Å². The molecule has 2 aromatic rings. The number of anilines is 1. The fraction of sp³-hybridized carbons (Fsp3) is 0.364. The maximum Gasteiger partial charge on any atom is 0.227 e. The number of nitrogens with one attached hydrogen (secondary N) is 1. The molecule has 0 unspecified atom stereocenters. The van der Waals surface area contributed by atoms with Gasteiger partial charge in [0.1, 0.15) is 11.6 Å². The first-order valence-electron chi connectivity index (χ1n) is 9.65. The zero-order chi connectivity index (χ0) is 19.7. The maximum absolute atomic E-state index is 13.7. The summed E-state index contributed by atoms with van der Waals surface area (Å²) < 4.78 is 27.3. The van der Waals surface area contributed by atoms with Crippen molar-refractivity contribution in [1.82, 2.24) is 5.32 Å². The average Bonchev–Trinajstić information content (AvgIpc) is 3.29. The molecule has 1 atom stereocenters. The van der Waals surface area contributed by atoms with Gasteiger partial charge in [0.2, 0.25) is 11.8 Å². The molecule has 1 N–H and O–H groups in total. The molecular weight excluding hydrogens is 362 g/mol. The monoisotopic (exact) mass is 384 g/mol. The van der Waals surface area contributed by atoms with Crippen molar-refractivity contribution >= 4 is 17.5 Å². The van der Waals surface area contributed by atoms with Crippen LogP contribution in [0.1, 0.15) is 29.5 Å². The van der Waals surface area contributed by atoms with Crippen molar-refractivity contribution in [3.05, 3.63) is 64.7 Å². The van der Waals surface area contributed by atoms with Crippen LogP contribution in [0.5, 0.6) is 0 Å². The molecular formula is C22H22F2N2O2. The van der Waals surface area contributed by atoms with Gasteiger partial charge >= 0.3 is 0 Å². The summed E-state index contributed by atoms with van der Waals surface area (Å²) in [7, 11) is 0. The Morgan fingerprint density at radius 3 is 2.64 bits per heavy atom. The fourth-order valence-corrected chi connectivity index (χ4v) is 4.09. The van der Waals surface area contributed by atoms with Crippen LogP contribution in [0.3, 0.4) is 0 Å². The van der Waals surface area contributed by atoms with E-state index < -0.39 is 17.6 Å². The second-order valence-electron chi connectivity index (χ2n) is 7.45. The van der Waals surface area contributed by atoms with Gasteiger partial charge in [-0.15, -0.1) is 0 Å². The first kappa shape index (κ1) is 18.6. The lowest BCUT2D eigenvalue weighted by atomic mass is 10.1. The van der Waals surface area contributed by atoms with E-state index in [2.05, 4.69) is 17.4 Å². The van der Waals surface area contributed by atoms with Gasteiger partial charge in [-0.25, -0.2) is 8.78 Å². The van der Waals surface area contributed by atoms with Crippen LogP contribution in [0, 0.1) is 17.6 Å². The third-order valence-corrected chi connectivity index (χ3v) is 5.63. The molecule has 2 amide bonds. The van der Waals surface area contributed by atoms with E-state index in [-0.39, 0.29) is 36.8 Å². The minimum Gasteiger partial charge on any atom is -0.355 e. The number of hydrogen-bond donors (Lipinski definition) is 1. The lowest BCUT2D eigenvalue weighted by Crippen LogP contribution is -2.34. The Bertz CT molecular complexity index is 908. The van der Waals surface area contributed by atoms with Gasteiger partial charge in [-0.2, -0.15) is 0 Å². The molecule has 2 aromatic carbocycles. The molecule has 1 saturated heterocycles. The van der Waals surface area contributed by atoms with Crippen molar-refractivity contribution < 1.29 is 18.4 Å². The van der Waals surface area contributed by atoms with Crippen LogP contribution in [0.4, 0.5) is 14.5 Å². The number of benzene rings is 2. The Morgan fingerprint density at radius 2 is 1.86 bits per heavy atom. The topological polar surface area (TPSA) is 49.4 Å². The summed E-state index contributed by atoms with van der Waals surface area (Å²) in [6, 6.07) is 9.78. The minimum absolute atomic E-state index is 0.0370. The van der Waals surface area contributed by atoms with Gasteiger partial charge in [0.25, 0.3) is 0 Å². The Morgan fingerprint density at radius 1 is 1.11 bits per heavy atom. The largest absolute Gasteiger partial charge is 0.355 e. The summed E-state index contributed by atoms with van der Waals surface area (Å²) in [6.07, 6.45) is 3.47. The predicted molar refractivity (Wildman–Crippen MR) is 102 cm³/mol. The van der Waals surface area contributed by atoms with Crippen LogP contribution in [0.15, 0.2) is 36.4 Å². The van der Waals surface area contributed by atoms with Gasteiger partial charge in [-0.1, -0.05) is 12.1 Å². The molecule has 0 saturated carbocycles. The summed E-state index contributed by atoms with van der Waals surface area (Å²) in [4.78, 5) is 26.5. The highest BCUT2D eigenvalue weighted by molar-refractivity contribution is 6.00. The Kier molecular flexibility index (Phi) is 5.11. The van der Waals surface area contributed by atoms with E-state index in [9.17, 15) is 18.4 Å². The van der Waals surface area contributed by atoms with E-state index in [4.69, 9.17) is 0 Å². The molecule has 0 aromatic heterocycles. The molecule has 0 bridgehead atoms. The number of nitrogens with zero attached hydrogens (tertiary/aromatic N) is 1.